The first-order chi connectivity index (χ1) is 10.2. The summed E-state index contributed by atoms with van der Waals surface area (Å²) in [6.45, 7) is 3.24. The molecule has 2 heterocycles. The highest BCUT2D eigenvalue weighted by Gasteiger charge is 2.23. The average molecular weight is 421 g/mol. The molecule has 0 aromatic carbocycles. The molecule has 1 fully saturated rings. The number of hydrogen-bond donors (Lipinski definition) is 2. The van der Waals surface area contributed by atoms with Gasteiger partial charge in [-0.2, -0.15) is 5.10 Å². The Hall–Kier alpha value is -1.39. The number of nitrogens with zero attached hydrogens (tertiary/aromatic N) is 5. The zero-order valence-corrected chi connectivity index (χ0v) is 15.1. The van der Waals surface area contributed by atoms with Crippen molar-refractivity contribution < 1.29 is 4.79 Å². The lowest BCUT2D eigenvalue weighted by Gasteiger charge is -2.34. The normalized spacial score (nSPS) is 18.7. The van der Waals surface area contributed by atoms with Crippen LogP contribution in [-0.2, 0) is 11.3 Å². The van der Waals surface area contributed by atoms with Crippen molar-refractivity contribution in [3.05, 3.63) is 12.7 Å². The molecule has 8 nitrogen and oxygen atoms in total. The van der Waals surface area contributed by atoms with Crippen LogP contribution in [0, 0.1) is 5.92 Å². The third kappa shape index (κ3) is 5.78. The number of nitrogens with one attached hydrogen (secondary N) is 1. The van der Waals surface area contributed by atoms with Gasteiger partial charge in [0.15, 0.2) is 5.96 Å². The van der Waals surface area contributed by atoms with E-state index in [9.17, 15) is 4.79 Å². The minimum atomic E-state index is -0.226. The van der Waals surface area contributed by atoms with Crippen molar-refractivity contribution in [2.75, 3.05) is 26.7 Å². The number of nitrogens with two attached hydrogens (primary N) is 1. The van der Waals surface area contributed by atoms with Crippen molar-refractivity contribution in [1.29, 1.82) is 0 Å². The highest BCUT2D eigenvalue weighted by atomic mass is 127. The second-order valence-electron chi connectivity index (χ2n) is 5.26. The van der Waals surface area contributed by atoms with E-state index in [0.717, 1.165) is 45.0 Å². The lowest BCUT2D eigenvalue weighted by Crippen LogP contribution is -2.47. The van der Waals surface area contributed by atoms with Gasteiger partial charge < -0.3 is 16.0 Å². The highest BCUT2D eigenvalue weighted by Crippen LogP contribution is 2.19. The van der Waals surface area contributed by atoms with Gasteiger partial charge in [0, 0.05) is 33.1 Å². The molecule has 124 valence electrons. The lowest BCUT2D eigenvalue weighted by molar-refractivity contribution is -0.119. The molecule has 0 radical (unpaired) electrons. The average Bonchev–Trinajstić information content (AvgIpc) is 2.96. The maximum atomic E-state index is 11.1. The summed E-state index contributed by atoms with van der Waals surface area (Å²) in [5, 5.41) is 7.38. The number of aromatic nitrogens is 3. The molecule has 2 rings (SSSR count). The Balaban J connectivity index is 0.00000242. The number of rotatable bonds is 5. The first-order valence-electron chi connectivity index (χ1n) is 7.25. The van der Waals surface area contributed by atoms with Gasteiger partial charge in [-0.25, -0.2) is 4.98 Å². The summed E-state index contributed by atoms with van der Waals surface area (Å²) in [6.07, 6.45) is 5.77. The van der Waals surface area contributed by atoms with Crippen LogP contribution in [0.15, 0.2) is 17.6 Å². The van der Waals surface area contributed by atoms with Crippen LogP contribution in [0.1, 0.15) is 19.3 Å². The van der Waals surface area contributed by atoms with E-state index in [0.29, 0.717) is 12.3 Å². The van der Waals surface area contributed by atoms with Crippen LogP contribution in [0.4, 0.5) is 0 Å². The van der Waals surface area contributed by atoms with Crippen molar-refractivity contribution in [2.45, 2.75) is 25.8 Å². The van der Waals surface area contributed by atoms with E-state index >= 15 is 0 Å². The van der Waals surface area contributed by atoms with Crippen molar-refractivity contribution in [3.8, 4) is 0 Å². The molecular weight excluding hydrogens is 397 g/mol. The van der Waals surface area contributed by atoms with Crippen LogP contribution in [0.2, 0.25) is 0 Å². The van der Waals surface area contributed by atoms with E-state index in [1.165, 1.54) is 6.33 Å². The fourth-order valence-electron chi connectivity index (χ4n) is 2.67. The number of aliphatic imine (C=N–C) groups is 1. The summed E-state index contributed by atoms with van der Waals surface area (Å²) in [7, 11) is 1.77. The van der Waals surface area contributed by atoms with Gasteiger partial charge >= 0.3 is 0 Å². The SMILES string of the molecule is CN=C(NCCn1cncn1)N1CCCC(CC(N)=O)C1.I. The van der Waals surface area contributed by atoms with E-state index in [1.54, 1.807) is 18.1 Å². The summed E-state index contributed by atoms with van der Waals surface area (Å²) >= 11 is 0. The van der Waals surface area contributed by atoms with Crippen LogP contribution in [0.3, 0.4) is 0 Å². The van der Waals surface area contributed by atoms with E-state index in [4.69, 9.17) is 5.73 Å². The van der Waals surface area contributed by atoms with Gasteiger partial charge in [-0.15, -0.1) is 24.0 Å². The number of hydrogen-bond acceptors (Lipinski definition) is 4. The van der Waals surface area contributed by atoms with E-state index in [-0.39, 0.29) is 29.9 Å². The molecule has 1 saturated heterocycles. The number of piperidine rings is 1. The second kappa shape index (κ2) is 9.59. The number of carbonyl (C=O) groups is 1. The Kier molecular flexibility index (Phi) is 8.13. The van der Waals surface area contributed by atoms with Crippen molar-refractivity contribution in [2.24, 2.45) is 16.6 Å². The van der Waals surface area contributed by atoms with E-state index < -0.39 is 0 Å². The molecular formula is C13H24IN7O. The van der Waals surface area contributed by atoms with E-state index in [2.05, 4.69) is 25.3 Å². The molecule has 1 aliphatic heterocycles. The van der Waals surface area contributed by atoms with E-state index in [1.807, 2.05) is 0 Å². The monoisotopic (exact) mass is 421 g/mol. The maximum Gasteiger partial charge on any atom is 0.217 e. The molecule has 1 atom stereocenters. The molecule has 0 spiro atoms. The van der Waals surface area contributed by atoms with Crippen molar-refractivity contribution in [1.82, 2.24) is 25.0 Å². The molecule has 0 saturated carbocycles. The first kappa shape index (κ1) is 18.7. The maximum absolute atomic E-state index is 11.1. The molecule has 1 amide bonds. The fourth-order valence-corrected chi connectivity index (χ4v) is 2.67. The standard InChI is InChI=1S/C13H23N7O.HI/c1-15-13(17-4-6-20-10-16-9-18-20)19-5-2-3-11(8-19)7-12(14)21;/h9-11H,2-8H2,1H3,(H2,14,21)(H,15,17);1H. The van der Waals surface area contributed by atoms with Crippen molar-refractivity contribution in [3.63, 3.8) is 0 Å². The Labute approximate surface area is 147 Å². The quantitative estimate of drug-likeness (QED) is 0.398. The highest BCUT2D eigenvalue weighted by molar-refractivity contribution is 14.0. The van der Waals surface area contributed by atoms with Gasteiger partial charge in [0.1, 0.15) is 12.7 Å². The van der Waals surface area contributed by atoms with Gasteiger partial charge in [0.2, 0.25) is 5.91 Å². The summed E-state index contributed by atoms with van der Waals surface area (Å²) in [5.41, 5.74) is 5.29. The molecule has 0 bridgehead atoms. The third-order valence-electron chi connectivity index (χ3n) is 3.61. The Morgan fingerprint density at radius 1 is 1.55 bits per heavy atom. The molecule has 1 aromatic heterocycles. The summed E-state index contributed by atoms with van der Waals surface area (Å²) < 4.78 is 1.77. The zero-order valence-electron chi connectivity index (χ0n) is 12.8. The lowest BCUT2D eigenvalue weighted by atomic mass is 9.95. The molecule has 22 heavy (non-hydrogen) atoms. The molecule has 3 N–H and O–H groups in total. The Morgan fingerprint density at radius 3 is 3.00 bits per heavy atom. The number of guanidine groups is 1. The number of likely N-dealkylation sites (tertiary alicyclic amines) is 1. The van der Waals surface area contributed by atoms with Gasteiger partial charge in [0.05, 0.1) is 6.54 Å². The van der Waals surface area contributed by atoms with Crippen LogP contribution >= 0.6 is 24.0 Å². The number of carbonyl (C=O) groups excluding carboxylic acids is 1. The smallest absolute Gasteiger partial charge is 0.217 e. The van der Waals surface area contributed by atoms with Gasteiger partial charge in [-0.05, 0) is 18.8 Å². The Morgan fingerprint density at radius 2 is 2.36 bits per heavy atom. The predicted octanol–water partition coefficient (Wildman–Crippen LogP) is 0.0589. The molecule has 0 aliphatic carbocycles. The van der Waals surface area contributed by atoms with Crippen LogP contribution < -0.4 is 11.1 Å². The van der Waals surface area contributed by atoms with Gasteiger partial charge in [-0.3, -0.25) is 14.5 Å². The topological polar surface area (TPSA) is 101 Å². The van der Waals surface area contributed by atoms with Crippen molar-refractivity contribution >= 4 is 35.8 Å². The number of halogens is 1. The minimum absolute atomic E-state index is 0. The number of amides is 1. The molecule has 1 unspecified atom stereocenters. The summed E-state index contributed by atoms with van der Waals surface area (Å²) in [5.74, 6) is 0.963. The number of primary amides is 1. The van der Waals surface area contributed by atoms with Gasteiger partial charge in [0.25, 0.3) is 0 Å². The second-order valence-corrected chi connectivity index (χ2v) is 5.26. The summed E-state index contributed by atoms with van der Waals surface area (Å²) in [4.78, 5) is 21.5. The molecule has 1 aliphatic rings. The van der Waals surface area contributed by atoms with Crippen LogP contribution in [-0.4, -0.2) is 58.2 Å². The van der Waals surface area contributed by atoms with Crippen LogP contribution in [0.25, 0.3) is 0 Å². The Bertz CT molecular complexity index is 477. The minimum Gasteiger partial charge on any atom is -0.370 e. The largest absolute Gasteiger partial charge is 0.370 e. The molecule has 9 heteroatoms. The third-order valence-corrected chi connectivity index (χ3v) is 3.61. The zero-order chi connectivity index (χ0) is 15.1. The fraction of sp³-hybridized carbons (Fsp3) is 0.692. The summed E-state index contributed by atoms with van der Waals surface area (Å²) in [6, 6.07) is 0. The first-order valence-corrected chi connectivity index (χ1v) is 7.25. The van der Waals surface area contributed by atoms with Gasteiger partial charge in [-0.1, -0.05) is 0 Å². The predicted molar refractivity (Wildman–Crippen MR) is 94.9 cm³/mol. The van der Waals surface area contributed by atoms with Crippen LogP contribution in [0.5, 0.6) is 0 Å². The molecule has 1 aromatic rings.